The van der Waals surface area contributed by atoms with E-state index in [0.717, 1.165) is 23.5 Å². The third-order valence-corrected chi connectivity index (χ3v) is 3.07. The highest BCUT2D eigenvalue weighted by molar-refractivity contribution is 5.83. The first-order valence-electron chi connectivity index (χ1n) is 7.11. The van der Waals surface area contributed by atoms with Crippen LogP contribution in [0.2, 0.25) is 0 Å². The van der Waals surface area contributed by atoms with Gasteiger partial charge in [-0.1, -0.05) is 26.8 Å². The van der Waals surface area contributed by atoms with E-state index in [1.165, 1.54) is 0 Å². The summed E-state index contributed by atoms with van der Waals surface area (Å²) in [4.78, 5) is 12.0. The van der Waals surface area contributed by atoms with Gasteiger partial charge in [-0.3, -0.25) is 4.79 Å². The molecule has 20 heavy (non-hydrogen) atoms. The summed E-state index contributed by atoms with van der Waals surface area (Å²) in [5.41, 5.74) is 0.822. The number of hydrogen-bond donors (Lipinski definition) is 0. The van der Waals surface area contributed by atoms with Crippen molar-refractivity contribution >= 4 is 5.78 Å². The van der Waals surface area contributed by atoms with Crippen LogP contribution in [-0.4, -0.2) is 19.0 Å². The third-order valence-electron chi connectivity index (χ3n) is 3.07. The molecule has 3 heteroatoms. The molecular weight excluding hydrogens is 252 g/mol. The fourth-order valence-electron chi connectivity index (χ4n) is 1.86. The van der Waals surface area contributed by atoms with Crippen molar-refractivity contribution < 1.29 is 14.3 Å². The summed E-state index contributed by atoms with van der Waals surface area (Å²) >= 11 is 0. The van der Waals surface area contributed by atoms with E-state index in [9.17, 15) is 4.79 Å². The molecule has 0 heterocycles. The van der Waals surface area contributed by atoms with Gasteiger partial charge in [-0.05, 0) is 38.0 Å². The van der Waals surface area contributed by atoms with Gasteiger partial charge >= 0.3 is 0 Å². The monoisotopic (exact) mass is 278 g/mol. The summed E-state index contributed by atoms with van der Waals surface area (Å²) in [7, 11) is 1.63. The Kier molecular flexibility index (Phi) is 5.61. The predicted octanol–water partition coefficient (Wildman–Crippen LogP) is 4.03. The second kappa shape index (κ2) is 6.78. The number of methoxy groups -OCH3 is 1. The first-order chi connectivity index (χ1) is 9.24. The fourth-order valence-corrected chi connectivity index (χ4v) is 1.86. The molecule has 0 saturated carbocycles. The lowest BCUT2D eigenvalue weighted by Gasteiger charge is -2.17. The van der Waals surface area contributed by atoms with E-state index in [0.29, 0.717) is 6.42 Å². The maximum Gasteiger partial charge on any atom is 0.161 e. The molecule has 3 nitrogen and oxygen atoms in total. The molecule has 0 aliphatic carbocycles. The zero-order valence-corrected chi connectivity index (χ0v) is 13.4. The number of carbonyl (C=O) groups excluding carboxylic acids is 1. The third kappa shape index (κ3) is 4.87. The van der Waals surface area contributed by atoms with Gasteiger partial charge in [-0.2, -0.15) is 0 Å². The van der Waals surface area contributed by atoms with E-state index in [1.807, 2.05) is 52.8 Å². The highest BCUT2D eigenvalue weighted by Crippen LogP contribution is 2.30. The summed E-state index contributed by atoms with van der Waals surface area (Å²) < 4.78 is 11.0. The molecule has 0 N–H and O–H groups in total. The predicted molar refractivity (Wildman–Crippen MR) is 81.5 cm³/mol. The van der Waals surface area contributed by atoms with E-state index in [4.69, 9.17) is 9.47 Å². The highest BCUT2D eigenvalue weighted by Gasteiger charge is 2.20. The number of Topliss-reactive ketones (excluding diaryl/α,β-unsaturated/α-hetero) is 1. The SMILES string of the molecule is COc1ccc(CCC(=O)C(C)(C)C)cc1OC(C)C. The standard InChI is InChI=1S/C17H26O3/c1-12(2)20-15-11-13(7-9-14(15)19-6)8-10-16(18)17(3,4)5/h7,9,11-12H,8,10H2,1-6H3. The van der Waals surface area contributed by atoms with E-state index >= 15 is 0 Å². The number of carbonyl (C=O) groups is 1. The second-order valence-electron chi connectivity index (χ2n) is 6.32. The highest BCUT2D eigenvalue weighted by atomic mass is 16.5. The first kappa shape index (κ1) is 16.5. The summed E-state index contributed by atoms with van der Waals surface area (Å²) in [5, 5.41) is 0. The van der Waals surface area contributed by atoms with Crippen LogP contribution in [0.25, 0.3) is 0 Å². The number of benzene rings is 1. The maximum atomic E-state index is 12.0. The Hall–Kier alpha value is -1.51. The van der Waals surface area contributed by atoms with Crippen LogP contribution >= 0.6 is 0 Å². The van der Waals surface area contributed by atoms with Gasteiger partial charge in [0.25, 0.3) is 0 Å². The minimum absolute atomic E-state index is 0.0929. The van der Waals surface area contributed by atoms with E-state index < -0.39 is 0 Å². The van der Waals surface area contributed by atoms with Crippen molar-refractivity contribution in [1.82, 2.24) is 0 Å². The van der Waals surface area contributed by atoms with Crippen LogP contribution in [0.15, 0.2) is 18.2 Å². The Morgan fingerprint density at radius 2 is 1.85 bits per heavy atom. The molecule has 0 aromatic heterocycles. The Balaban J connectivity index is 2.79. The van der Waals surface area contributed by atoms with Crippen molar-refractivity contribution in [2.45, 2.75) is 53.6 Å². The second-order valence-corrected chi connectivity index (χ2v) is 6.32. The number of ketones is 1. The molecular formula is C17H26O3. The Labute approximate surface area is 122 Å². The molecule has 1 aromatic carbocycles. The lowest BCUT2D eigenvalue weighted by atomic mass is 9.87. The zero-order valence-electron chi connectivity index (χ0n) is 13.4. The van der Waals surface area contributed by atoms with Crippen molar-refractivity contribution in [3.8, 4) is 11.5 Å². The van der Waals surface area contributed by atoms with Crippen molar-refractivity contribution in [2.24, 2.45) is 5.41 Å². The van der Waals surface area contributed by atoms with E-state index in [2.05, 4.69) is 0 Å². The molecule has 0 fully saturated rings. The number of ether oxygens (including phenoxy) is 2. The minimum Gasteiger partial charge on any atom is -0.493 e. The number of hydrogen-bond acceptors (Lipinski definition) is 3. The van der Waals surface area contributed by atoms with Crippen LogP contribution in [0.1, 0.15) is 46.6 Å². The van der Waals surface area contributed by atoms with Gasteiger partial charge in [-0.25, -0.2) is 0 Å². The van der Waals surface area contributed by atoms with Crippen LogP contribution in [0.4, 0.5) is 0 Å². The van der Waals surface area contributed by atoms with Gasteiger partial charge in [0.1, 0.15) is 5.78 Å². The molecule has 1 aromatic rings. The van der Waals surface area contributed by atoms with E-state index in [1.54, 1.807) is 7.11 Å². The quantitative estimate of drug-likeness (QED) is 0.788. The van der Waals surface area contributed by atoms with Crippen molar-refractivity contribution in [2.75, 3.05) is 7.11 Å². The molecule has 0 radical (unpaired) electrons. The van der Waals surface area contributed by atoms with E-state index in [-0.39, 0.29) is 17.3 Å². The molecule has 0 aliphatic rings. The molecule has 0 saturated heterocycles. The molecule has 1 rings (SSSR count). The Morgan fingerprint density at radius 3 is 2.35 bits per heavy atom. The molecule has 112 valence electrons. The fraction of sp³-hybridized carbons (Fsp3) is 0.588. The molecule has 0 bridgehead atoms. The topological polar surface area (TPSA) is 35.5 Å². The smallest absolute Gasteiger partial charge is 0.161 e. The van der Waals surface area contributed by atoms with Gasteiger partial charge in [0, 0.05) is 11.8 Å². The Morgan fingerprint density at radius 1 is 1.20 bits per heavy atom. The van der Waals surface area contributed by atoms with Gasteiger partial charge in [-0.15, -0.1) is 0 Å². The lowest BCUT2D eigenvalue weighted by molar-refractivity contribution is -0.126. The van der Waals surface area contributed by atoms with Gasteiger partial charge in [0.15, 0.2) is 11.5 Å². The van der Waals surface area contributed by atoms with Crippen LogP contribution in [0.5, 0.6) is 11.5 Å². The molecule has 0 amide bonds. The minimum atomic E-state index is -0.274. The summed E-state index contributed by atoms with van der Waals surface area (Å²) in [6, 6.07) is 5.85. The van der Waals surface area contributed by atoms with Crippen LogP contribution in [-0.2, 0) is 11.2 Å². The van der Waals surface area contributed by atoms with Crippen molar-refractivity contribution in [3.63, 3.8) is 0 Å². The average molecular weight is 278 g/mol. The molecule has 0 unspecified atom stereocenters. The molecule has 0 atom stereocenters. The normalized spacial score (nSPS) is 11.6. The summed E-state index contributed by atoms with van der Waals surface area (Å²) in [5.74, 6) is 1.74. The summed E-state index contributed by atoms with van der Waals surface area (Å²) in [6.45, 7) is 9.83. The lowest BCUT2D eigenvalue weighted by Crippen LogP contribution is -2.20. The number of rotatable bonds is 6. The first-order valence-corrected chi connectivity index (χ1v) is 7.11. The van der Waals surface area contributed by atoms with Crippen LogP contribution in [0, 0.1) is 5.41 Å². The summed E-state index contributed by atoms with van der Waals surface area (Å²) in [6.07, 6.45) is 1.38. The van der Waals surface area contributed by atoms with Gasteiger partial charge < -0.3 is 9.47 Å². The van der Waals surface area contributed by atoms with Crippen LogP contribution in [0.3, 0.4) is 0 Å². The number of aryl methyl sites for hydroxylation is 1. The maximum absolute atomic E-state index is 12.0. The molecule has 0 spiro atoms. The molecule has 0 aliphatic heterocycles. The van der Waals surface area contributed by atoms with Gasteiger partial charge in [0.2, 0.25) is 0 Å². The Bertz CT molecular complexity index is 456. The average Bonchev–Trinajstić information content (AvgIpc) is 2.34. The van der Waals surface area contributed by atoms with Crippen molar-refractivity contribution in [3.05, 3.63) is 23.8 Å². The van der Waals surface area contributed by atoms with Gasteiger partial charge in [0.05, 0.1) is 13.2 Å². The largest absolute Gasteiger partial charge is 0.493 e. The van der Waals surface area contributed by atoms with Crippen LogP contribution < -0.4 is 9.47 Å². The van der Waals surface area contributed by atoms with Crippen molar-refractivity contribution in [1.29, 1.82) is 0 Å². The zero-order chi connectivity index (χ0) is 15.3.